The number of aliphatic hydroxyl groups excluding tert-OH is 1. The van der Waals surface area contributed by atoms with Crippen LogP contribution >= 0.6 is 0 Å². The summed E-state index contributed by atoms with van der Waals surface area (Å²) in [7, 11) is 0. The summed E-state index contributed by atoms with van der Waals surface area (Å²) in [5.74, 6) is 1.30. The number of hydrogen-bond acceptors (Lipinski definition) is 3. The van der Waals surface area contributed by atoms with Crippen LogP contribution in [-0.2, 0) is 0 Å². The van der Waals surface area contributed by atoms with Crippen molar-refractivity contribution in [3.05, 3.63) is 22.9 Å². The zero-order valence-electron chi connectivity index (χ0n) is 9.38. The van der Waals surface area contributed by atoms with Crippen molar-refractivity contribution in [2.45, 2.75) is 40.7 Å². The molecule has 3 nitrogen and oxygen atoms in total. The monoisotopic (exact) mass is 195 g/mol. The molecule has 0 aromatic carbocycles. The molecule has 1 rings (SSSR count). The summed E-state index contributed by atoms with van der Waals surface area (Å²) in [6.07, 6.45) is -0.572. The minimum atomic E-state index is -0.572. The lowest BCUT2D eigenvalue weighted by atomic mass is 10.2. The van der Waals surface area contributed by atoms with Crippen LogP contribution in [0.15, 0.2) is 9.99 Å². The van der Waals surface area contributed by atoms with Gasteiger partial charge in [-0.2, -0.15) is 0 Å². The standard InChI is InChI=1S/C11H17NO2/c1-6(2)7(3)11-12-10(8(4)13)9(5)14-11/h8,13H,1-5H3. The molecule has 1 atom stereocenters. The van der Waals surface area contributed by atoms with E-state index in [-0.39, 0.29) is 0 Å². The minimum Gasteiger partial charge on any atom is -0.441 e. The molecule has 1 aromatic rings. The molecule has 0 fully saturated rings. The van der Waals surface area contributed by atoms with Gasteiger partial charge in [0.05, 0.1) is 6.10 Å². The molecule has 1 N–H and O–H groups in total. The second-order valence-electron chi connectivity index (χ2n) is 3.76. The summed E-state index contributed by atoms with van der Waals surface area (Å²) >= 11 is 0. The highest BCUT2D eigenvalue weighted by Gasteiger charge is 2.14. The van der Waals surface area contributed by atoms with Crippen LogP contribution in [0, 0.1) is 6.92 Å². The Bertz CT molecular complexity index is 357. The van der Waals surface area contributed by atoms with Crippen molar-refractivity contribution < 1.29 is 9.52 Å². The van der Waals surface area contributed by atoms with Gasteiger partial charge in [-0.3, -0.25) is 0 Å². The van der Waals surface area contributed by atoms with Crippen LogP contribution in [0.2, 0.25) is 0 Å². The number of oxazole rings is 1. The molecule has 1 aromatic heterocycles. The second kappa shape index (κ2) is 3.96. The molecule has 0 aliphatic rings. The molecule has 1 heterocycles. The molecule has 0 aliphatic heterocycles. The summed E-state index contributed by atoms with van der Waals surface area (Å²) in [6, 6.07) is 0. The number of allylic oxidation sites excluding steroid dienone is 2. The molecule has 0 bridgehead atoms. The molecule has 14 heavy (non-hydrogen) atoms. The number of aryl methyl sites for hydroxylation is 1. The van der Waals surface area contributed by atoms with E-state index >= 15 is 0 Å². The largest absolute Gasteiger partial charge is 0.441 e. The van der Waals surface area contributed by atoms with Gasteiger partial charge in [0.15, 0.2) is 0 Å². The number of rotatable bonds is 2. The quantitative estimate of drug-likeness (QED) is 0.789. The Balaban J connectivity index is 3.15. The zero-order chi connectivity index (χ0) is 10.9. The van der Waals surface area contributed by atoms with Crippen LogP contribution in [0.4, 0.5) is 0 Å². The summed E-state index contributed by atoms with van der Waals surface area (Å²) in [5.41, 5.74) is 2.82. The van der Waals surface area contributed by atoms with E-state index in [0.29, 0.717) is 17.3 Å². The predicted molar refractivity (Wildman–Crippen MR) is 55.8 cm³/mol. The molecule has 0 saturated carbocycles. The first kappa shape index (κ1) is 11.0. The zero-order valence-corrected chi connectivity index (χ0v) is 9.38. The van der Waals surface area contributed by atoms with Crippen molar-refractivity contribution in [1.82, 2.24) is 4.98 Å². The SMILES string of the molecule is CC(C)=C(C)c1nc(C(C)O)c(C)o1. The number of aliphatic hydroxyl groups is 1. The Morgan fingerprint density at radius 3 is 2.29 bits per heavy atom. The summed E-state index contributed by atoms with van der Waals surface area (Å²) in [4.78, 5) is 4.26. The van der Waals surface area contributed by atoms with Crippen LogP contribution < -0.4 is 0 Å². The van der Waals surface area contributed by atoms with Gasteiger partial charge in [-0.05, 0) is 34.6 Å². The molecule has 0 spiro atoms. The maximum absolute atomic E-state index is 9.40. The van der Waals surface area contributed by atoms with E-state index in [1.807, 2.05) is 27.7 Å². The van der Waals surface area contributed by atoms with Gasteiger partial charge in [0.25, 0.3) is 0 Å². The normalized spacial score (nSPS) is 12.7. The summed E-state index contributed by atoms with van der Waals surface area (Å²) in [6.45, 7) is 9.49. The Kier molecular flexibility index (Phi) is 3.11. The van der Waals surface area contributed by atoms with Crippen molar-refractivity contribution in [2.24, 2.45) is 0 Å². The third kappa shape index (κ3) is 2.04. The highest BCUT2D eigenvalue weighted by atomic mass is 16.4. The minimum absolute atomic E-state index is 0.572. The van der Waals surface area contributed by atoms with E-state index in [9.17, 15) is 5.11 Å². The molecular weight excluding hydrogens is 178 g/mol. The van der Waals surface area contributed by atoms with Gasteiger partial charge in [-0.15, -0.1) is 0 Å². The predicted octanol–water partition coefficient (Wildman–Crippen LogP) is 2.85. The molecule has 78 valence electrons. The fraction of sp³-hybridized carbons (Fsp3) is 0.545. The molecule has 0 amide bonds. The van der Waals surface area contributed by atoms with Crippen molar-refractivity contribution in [3.8, 4) is 0 Å². The van der Waals surface area contributed by atoms with Crippen LogP contribution in [0.5, 0.6) is 0 Å². The molecule has 3 heteroatoms. The lowest BCUT2D eigenvalue weighted by molar-refractivity contribution is 0.193. The number of hydrogen-bond donors (Lipinski definition) is 1. The Labute approximate surface area is 84.5 Å². The first-order chi connectivity index (χ1) is 6.43. The van der Waals surface area contributed by atoms with Crippen molar-refractivity contribution >= 4 is 5.57 Å². The van der Waals surface area contributed by atoms with E-state index in [1.54, 1.807) is 6.92 Å². The topological polar surface area (TPSA) is 46.3 Å². The third-order valence-corrected chi connectivity index (χ3v) is 2.30. The van der Waals surface area contributed by atoms with Gasteiger partial charge in [-0.25, -0.2) is 4.98 Å². The van der Waals surface area contributed by atoms with E-state index in [4.69, 9.17) is 4.42 Å². The van der Waals surface area contributed by atoms with Gasteiger partial charge < -0.3 is 9.52 Å². The van der Waals surface area contributed by atoms with Crippen LogP contribution in [0.3, 0.4) is 0 Å². The first-order valence-electron chi connectivity index (χ1n) is 4.73. The second-order valence-corrected chi connectivity index (χ2v) is 3.76. The molecule has 0 saturated heterocycles. The summed E-state index contributed by atoms with van der Waals surface area (Å²) < 4.78 is 5.47. The molecule has 0 radical (unpaired) electrons. The Hall–Kier alpha value is -1.09. The highest BCUT2D eigenvalue weighted by molar-refractivity contribution is 5.59. The first-order valence-corrected chi connectivity index (χ1v) is 4.73. The number of nitrogens with zero attached hydrogens (tertiary/aromatic N) is 1. The maximum atomic E-state index is 9.40. The van der Waals surface area contributed by atoms with Crippen molar-refractivity contribution in [3.63, 3.8) is 0 Å². The smallest absolute Gasteiger partial charge is 0.222 e. The molecular formula is C11H17NO2. The van der Waals surface area contributed by atoms with E-state index in [2.05, 4.69) is 4.98 Å². The lowest BCUT2D eigenvalue weighted by Gasteiger charge is -1.97. The van der Waals surface area contributed by atoms with Crippen molar-refractivity contribution in [1.29, 1.82) is 0 Å². The molecule has 0 aliphatic carbocycles. The lowest BCUT2D eigenvalue weighted by Crippen LogP contribution is -1.93. The van der Waals surface area contributed by atoms with Gasteiger partial charge >= 0.3 is 0 Å². The van der Waals surface area contributed by atoms with Crippen LogP contribution in [-0.4, -0.2) is 10.1 Å². The van der Waals surface area contributed by atoms with E-state index in [0.717, 1.165) is 5.57 Å². The average molecular weight is 195 g/mol. The van der Waals surface area contributed by atoms with Gasteiger partial charge in [0, 0.05) is 5.57 Å². The third-order valence-electron chi connectivity index (χ3n) is 2.30. The fourth-order valence-corrected chi connectivity index (χ4v) is 1.17. The average Bonchev–Trinajstić information content (AvgIpc) is 2.45. The van der Waals surface area contributed by atoms with Crippen LogP contribution in [0.1, 0.15) is 51.1 Å². The molecule has 1 unspecified atom stereocenters. The van der Waals surface area contributed by atoms with Crippen molar-refractivity contribution in [2.75, 3.05) is 0 Å². The maximum Gasteiger partial charge on any atom is 0.222 e. The van der Waals surface area contributed by atoms with Gasteiger partial charge in [0.2, 0.25) is 5.89 Å². The summed E-state index contributed by atoms with van der Waals surface area (Å²) in [5, 5.41) is 9.40. The Morgan fingerprint density at radius 2 is 1.93 bits per heavy atom. The number of aromatic nitrogens is 1. The van der Waals surface area contributed by atoms with Gasteiger partial charge in [0.1, 0.15) is 11.5 Å². The van der Waals surface area contributed by atoms with E-state index in [1.165, 1.54) is 5.57 Å². The van der Waals surface area contributed by atoms with Crippen LogP contribution in [0.25, 0.3) is 5.57 Å². The highest BCUT2D eigenvalue weighted by Crippen LogP contribution is 2.23. The van der Waals surface area contributed by atoms with E-state index < -0.39 is 6.10 Å². The van der Waals surface area contributed by atoms with Gasteiger partial charge in [-0.1, -0.05) is 5.57 Å². The fourth-order valence-electron chi connectivity index (χ4n) is 1.17. The Morgan fingerprint density at radius 1 is 1.36 bits per heavy atom.